The van der Waals surface area contributed by atoms with Gasteiger partial charge in [0.25, 0.3) is 5.91 Å². The van der Waals surface area contributed by atoms with Crippen molar-refractivity contribution in [2.75, 3.05) is 11.9 Å². The lowest BCUT2D eigenvalue weighted by Crippen LogP contribution is -2.26. The van der Waals surface area contributed by atoms with Crippen LogP contribution in [-0.4, -0.2) is 28.1 Å². The number of hydrogen-bond acceptors (Lipinski definition) is 3. The summed E-state index contributed by atoms with van der Waals surface area (Å²) in [6, 6.07) is 8.46. The summed E-state index contributed by atoms with van der Waals surface area (Å²) in [7, 11) is 0. The van der Waals surface area contributed by atoms with Crippen LogP contribution in [0.25, 0.3) is 0 Å². The lowest BCUT2D eigenvalue weighted by atomic mass is 10.1. The summed E-state index contributed by atoms with van der Waals surface area (Å²) < 4.78 is 1.50. The van der Waals surface area contributed by atoms with E-state index in [0.29, 0.717) is 11.3 Å². The van der Waals surface area contributed by atoms with Crippen molar-refractivity contribution in [1.82, 2.24) is 15.1 Å². The molecule has 6 heteroatoms. The van der Waals surface area contributed by atoms with Crippen molar-refractivity contribution in [2.45, 2.75) is 6.54 Å². The van der Waals surface area contributed by atoms with Crippen molar-refractivity contribution in [1.29, 1.82) is 0 Å². The third kappa shape index (κ3) is 3.94. The van der Waals surface area contributed by atoms with E-state index in [9.17, 15) is 9.59 Å². The molecule has 6 nitrogen and oxygen atoms in total. The van der Waals surface area contributed by atoms with Crippen LogP contribution in [0.1, 0.15) is 10.4 Å². The molecule has 0 bridgehead atoms. The highest BCUT2D eigenvalue weighted by atomic mass is 16.2. The number of aromatic nitrogens is 2. The second-order valence-corrected chi connectivity index (χ2v) is 4.18. The van der Waals surface area contributed by atoms with Crippen molar-refractivity contribution < 1.29 is 9.59 Å². The van der Waals surface area contributed by atoms with Gasteiger partial charge < -0.3 is 10.6 Å². The Morgan fingerprint density at radius 1 is 1.29 bits per heavy atom. The van der Waals surface area contributed by atoms with E-state index >= 15 is 0 Å². The first-order valence-corrected chi connectivity index (χ1v) is 6.28. The number of carbonyl (C=O) groups is 2. The minimum atomic E-state index is -0.331. The smallest absolute Gasteiger partial charge is 0.254 e. The third-order valence-electron chi connectivity index (χ3n) is 2.66. The zero-order valence-electron chi connectivity index (χ0n) is 11.2. The number of para-hydroxylation sites is 1. The molecule has 106 valence electrons. The van der Waals surface area contributed by atoms with E-state index in [1.54, 1.807) is 42.7 Å². The van der Waals surface area contributed by atoms with Gasteiger partial charge in [0.1, 0.15) is 6.54 Å². The first-order valence-electron chi connectivity index (χ1n) is 6.28. The zero-order chi connectivity index (χ0) is 15.1. The quantitative estimate of drug-likeness (QED) is 0.799. The summed E-state index contributed by atoms with van der Waals surface area (Å²) in [5.74, 6) is 1.73. The van der Waals surface area contributed by atoms with Gasteiger partial charge in [-0.05, 0) is 18.2 Å². The Kier molecular flexibility index (Phi) is 4.72. The van der Waals surface area contributed by atoms with Gasteiger partial charge in [-0.25, -0.2) is 0 Å². The van der Waals surface area contributed by atoms with E-state index < -0.39 is 0 Å². The molecule has 0 saturated carbocycles. The summed E-state index contributed by atoms with van der Waals surface area (Å²) in [4.78, 5) is 23.9. The van der Waals surface area contributed by atoms with Crippen LogP contribution in [0.4, 0.5) is 5.69 Å². The van der Waals surface area contributed by atoms with E-state index in [2.05, 4.69) is 21.7 Å². The molecular weight excluding hydrogens is 268 g/mol. The fraction of sp³-hybridized carbons (Fsp3) is 0.133. The monoisotopic (exact) mass is 282 g/mol. The molecule has 2 rings (SSSR count). The molecule has 0 aliphatic heterocycles. The number of amides is 2. The number of carbonyl (C=O) groups excluding carboxylic acids is 2. The highest BCUT2D eigenvalue weighted by Crippen LogP contribution is 2.14. The second kappa shape index (κ2) is 6.91. The lowest BCUT2D eigenvalue weighted by Gasteiger charge is -2.10. The predicted octanol–water partition coefficient (Wildman–Crippen LogP) is 0.885. The van der Waals surface area contributed by atoms with Gasteiger partial charge in [-0.1, -0.05) is 18.1 Å². The van der Waals surface area contributed by atoms with Crippen LogP contribution >= 0.6 is 0 Å². The van der Waals surface area contributed by atoms with Gasteiger partial charge in [-0.15, -0.1) is 6.42 Å². The van der Waals surface area contributed by atoms with Crippen molar-refractivity contribution in [3.05, 3.63) is 48.3 Å². The fourth-order valence-corrected chi connectivity index (χ4v) is 1.75. The fourth-order valence-electron chi connectivity index (χ4n) is 1.75. The lowest BCUT2D eigenvalue weighted by molar-refractivity contribution is -0.116. The Hall–Kier alpha value is -3.07. The number of anilines is 1. The molecule has 0 aliphatic carbocycles. The number of nitrogens with zero attached hydrogens (tertiary/aromatic N) is 2. The Morgan fingerprint density at radius 3 is 2.81 bits per heavy atom. The zero-order valence-corrected chi connectivity index (χ0v) is 11.2. The van der Waals surface area contributed by atoms with Crippen LogP contribution in [0.5, 0.6) is 0 Å². The largest absolute Gasteiger partial charge is 0.341 e. The van der Waals surface area contributed by atoms with E-state index in [1.807, 2.05) is 0 Å². The molecule has 0 radical (unpaired) electrons. The summed E-state index contributed by atoms with van der Waals surface area (Å²) in [6.45, 7) is 0.210. The summed E-state index contributed by atoms with van der Waals surface area (Å²) in [5, 5.41) is 9.21. The molecule has 1 aromatic heterocycles. The van der Waals surface area contributed by atoms with Gasteiger partial charge in [-0.2, -0.15) is 5.10 Å². The summed E-state index contributed by atoms with van der Waals surface area (Å²) >= 11 is 0. The molecule has 2 amide bonds. The molecule has 0 atom stereocenters. The highest BCUT2D eigenvalue weighted by Gasteiger charge is 2.12. The Labute approximate surface area is 122 Å². The van der Waals surface area contributed by atoms with Crippen LogP contribution in [0.15, 0.2) is 42.7 Å². The van der Waals surface area contributed by atoms with Gasteiger partial charge in [0.2, 0.25) is 5.91 Å². The van der Waals surface area contributed by atoms with Crippen LogP contribution < -0.4 is 10.6 Å². The van der Waals surface area contributed by atoms with Crippen LogP contribution in [0.2, 0.25) is 0 Å². The topological polar surface area (TPSA) is 76.0 Å². The summed E-state index contributed by atoms with van der Waals surface area (Å²) in [6.07, 6.45) is 8.38. The molecule has 0 saturated heterocycles. The Morgan fingerprint density at radius 2 is 2.10 bits per heavy atom. The number of terminal acetylenes is 1. The van der Waals surface area contributed by atoms with E-state index in [-0.39, 0.29) is 24.9 Å². The molecule has 0 aliphatic rings. The molecule has 1 aromatic carbocycles. The molecule has 2 N–H and O–H groups in total. The predicted molar refractivity (Wildman–Crippen MR) is 78.5 cm³/mol. The van der Waals surface area contributed by atoms with E-state index in [0.717, 1.165) is 0 Å². The van der Waals surface area contributed by atoms with Crippen molar-refractivity contribution >= 4 is 17.5 Å². The van der Waals surface area contributed by atoms with Gasteiger partial charge in [-0.3, -0.25) is 14.3 Å². The molecular formula is C15H14N4O2. The molecule has 0 unspecified atom stereocenters. The standard InChI is InChI=1S/C15H14N4O2/c1-2-8-16-15(21)12-6-3-4-7-13(12)18-14(20)11-19-10-5-9-17-19/h1,3-7,9-10H,8,11H2,(H,16,21)(H,18,20). The number of benzene rings is 1. The van der Waals surface area contributed by atoms with Crippen molar-refractivity contribution in [2.24, 2.45) is 0 Å². The maximum absolute atomic E-state index is 11.9. The first kappa shape index (κ1) is 14.3. The van der Waals surface area contributed by atoms with Gasteiger partial charge in [0.15, 0.2) is 0 Å². The number of hydrogen-bond donors (Lipinski definition) is 2. The maximum Gasteiger partial charge on any atom is 0.254 e. The number of nitrogens with one attached hydrogen (secondary N) is 2. The molecule has 1 heterocycles. The minimum absolute atomic E-state index is 0.0767. The highest BCUT2D eigenvalue weighted by molar-refractivity contribution is 6.03. The molecule has 0 fully saturated rings. The molecule has 2 aromatic rings. The Balaban J connectivity index is 2.07. The minimum Gasteiger partial charge on any atom is -0.341 e. The average Bonchev–Trinajstić information content (AvgIpc) is 2.98. The number of rotatable bonds is 5. The van der Waals surface area contributed by atoms with E-state index in [4.69, 9.17) is 6.42 Å². The first-order chi connectivity index (χ1) is 10.2. The average molecular weight is 282 g/mol. The van der Waals surface area contributed by atoms with Crippen LogP contribution in [0, 0.1) is 12.3 Å². The van der Waals surface area contributed by atoms with Gasteiger partial charge in [0, 0.05) is 12.4 Å². The van der Waals surface area contributed by atoms with E-state index in [1.165, 1.54) is 4.68 Å². The normalized spacial score (nSPS) is 9.67. The van der Waals surface area contributed by atoms with Crippen LogP contribution in [-0.2, 0) is 11.3 Å². The SMILES string of the molecule is C#CCNC(=O)c1ccccc1NC(=O)Cn1cccn1. The second-order valence-electron chi connectivity index (χ2n) is 4.18. The van der Waals surface area contributed by atoms with Gasteiger partial charge >= 0.3 is 0 Å². The summed E-state index contributed by atoms with van der Waals surface area (Å²) in [5.41, 5.74) is 0.797. The van der Waals surface area contributed by atoms with Crippen molar-refractivity contribution in [3.63, 3.8) is 0 Å². The third-order valence-corrected chi connectivity index (χ3v) is 2.66. The molecule has 0 spiro atoms. The molecule has 21 heavy (non-hydrogen) atoms. The maximum atomic E-state index is 11.9. The van der Waals surface area contributed by atoms with Crippen molar-refractivity contribution in [3.8, 4) is 12.3 Å². The van der Waals surface area contributed by atoms with Gasteiger partial charge in [0.05, 0.1) is 17.8 Å². The van der Waals surface area contributed by atoms with Crippen LogP contribution in [0.3, 0.4) is 0 Å². The Bertz CT molecular complexity index is 671.